The van der Waals surface area contributed by atoms with Gasteiger partial charge in [0, 0.05) is 10.6 Å². The fraction of sp³-hybridized carbons (Fsp3) is 0.214. The molecule has 2 aromatic rings. The van der Waals surface area contributed by atoms with Crippen molar-refractivity contribution in [3.8, 4) is 0 Å². The van der Waals surface area contributed by atoms with E-state index in [1.165, 1.54) is 16.3 Å². The van der Waals surface area contributed by atoms with Crippen LogP contribution >= 0.6 is 21.0 Å². The van der Waals surface area contributed by atoms with E-state index in [-0.39, 0.29) is 6.42 Å². The van der Waals surface area contributed by atoms with E-state index < -0.39 is 5.97 Å². The molecule has 1 unspecified atom stereocenters. The molecule has 0 radical (unpaired) electrons. The maximum Gasteiger partial charge on any atom is 0.304 e. The van der Waals surface area contributed by atoms with Crippen LogP contribution in [-0.2, 0) is 4.79 Å². The van der Waals surface area contributed by atoms with Gasteiger partial charge in [0.15, 0.2) is 0 Å². The minimum absolute atomic E-state index is 0.195. The number of aliphatic carboxylic acids is 1. The lowest BCUT2D eigenvalue weighted by Gasteiger charge is -2.11. The second-order valence-corrected chi connectivity index (χ2v) is 5.86. The number of carbonyl (C=O) groups is 1. The summed E-state index contributed by atoms with van der Waals surface area (Å²) < 4.78 is 0. The molecule has 0 fully saturated rings. The summed E-state index contributed by atoms with van der Waals surface area (Å²) in [5.74, 6) is -0.139. The third kappa shape index (κ3) is 2.85. The van der Waals surface area contributed by atoms with Crippen molar-refractivity contribution in [3.05, 3.63) is 35.9 Å². The topological polar surface area (TPSA) is 37.3 Å². The predicted octanol–water partition coefficient (Wildman–Crippen LogP) is 3.22. The number of fused-ring (bicyclic) bond motifs is 1. The molecule has 0 aliphatic heterocycles. The monoisotopic (exact) mass is 278 g/mol. The summed E-state index contributed by atoms with van der Waals surface area (Å²) in [6, 6.07) is 10.4. The summed E-state index contributed by atoms with van der Waals surface area (Å²) in [4.78, 5) is 11.7. The Bertz CT molecular complexity index is 596. The molecule has 1 atom stereocenters. The Labute approximate surface area is 113 Å². The van der Waals surface area contributed by atoms with Crippen LogP contribution in [0.5, 0.6) is 0 Å². The van der Waals surface area contributed by atoms with Gasteiger partial charge in [0.05, 0.1) is 6.42 Å². The standard InChI is InChI=1S/C14H15O2PS/c1-9-8-12(18-7-6-13(15)16)14(17)11-5-3-2-4-10(9)11/h2-5,8H,6-7,17H2,1H3,(H,15,16). The van der Waals surface area contributed by atoms with Crippen LogP contribution < -0.4 is 5.30 Å². The van der Waals surface area contributed by atoms with Gasteiger partial charge < -0.3 is 5.11 Å². The lowest BCUT2D eigenvalue weighted by Crippen LogP contribution is -2.02. The van der Waals surface area contributed by atoms with Gasteiger partial charge in [-0.05, 0) is 34.6 Å². The van der Waals surface area contributed by atoms with E-state index >= 15 is 0 Å². The quantitative estimate of drug-likeness (QED) is 0.689. The van der Waals surface area contributed by atoms with Crippen LogP contribution in [0.1, 0.15) is 12.0 Å². The molecular formula is C14H15O2PS. The van der Waals surface area contributed by atoms with E-state index in [2.05, 4.69) is 34.4 Å². The zero-order valence-corrected chi connectivity index (χ0v) is 12.1. The smallest absolute Gasteiger partial charge is 0.304 e. The molecule has 0 bridgehead atoms. The molecule has 0 aliphatic carbocycles. The van der Waals surface area contributed by atoms with Gasteiger partial charge >= 0.3 is 5.97 Å². The number of aryl methyl sites for hydroxylation is 1. The van der Waals surface area contributed by atoms with Gasteiger partial charge in [-0.1, -0.05) is 24.3 Å². The number of carboxylic acid groups (broad SMARTS) is 1. The average molecular weight is 278 g/mol. The van der Waals surface area contributed by atoms with E-state index in [9.17, 15) is 4.79 Å². The highest BCUT2D eigenvalue weighted by atomic mass is 32.2. The Balaban J connectivity index is 2.34. The third-order valence-corrected chi connectivity index (χ3v) is 4.72. The Morgan fingerprint density at radius 2 is 2.00 bits per heavy atom. The van der Waals surface area contributed by atoms with Crippen LogP contribution in [0, 0.1) is 6.92 Å². The maximum absolute atomic E-state index is 10.5. The minimum atomic E-state index is -0.745. The second kappa shape index (κ2) is 5.73. The lowest BCUT2D eigenvalue weighted by molar-refractivity contribution is -0.136. The zero-order chi connectivity index (χ0) is 13.1. The van der Waals surface area contributed by atoms with Crippen LogP contribution in [0.4, 0.5) is 0 Å². The van der Waals surface area contributed by atoms with Crippen molar-refractivity contribution < 1.29 is 9.90 Å². The fourth-order valence-corrected chi connectivity index (χ4v) is 3.52. The third-order valence-electron chi connectivity index (χ3n) is 2.83. The Kier molecular flexibility index (Phi) is 4.26. The summed E-state index contributed by atoms with van der Waals surface area (Å²) in [5, 5.41) is 12.3. The van der Waals surface area contributed by atoms with Crippen LogP contribution in [0.25, 0.3) is 10.8 Å². The average Bonchev–Trinajstić information content (AvgIpc) is 2.35. The molecule has 2 rings (SSSR count). The summed E-state index contributed by atoms with van der Waals surface area (Å²) >= 11 is 1.60. The molecule has 0 amide bonds. The molecule has 2 nitrogen and oxygen atoms in total. The van der Waals surface area contributed by atoms with Crippen LogP contribution in [0.15, 0.2) is 35.2 Å². The predicted molar refractivity (Wildman–Crippen MR) is 81.0 cm³/mol. The maximum atomic E-state index is 10.5. The normalized spacial score (nSPS) is 10.8. The van der Waals surface area contributed by atoms with E-state index in [4.69, 9.17) is 5.11 Å². The summed E-state index contributed by atoms with van der Waals surface area (Å²) in [5.41, 5.74) is 1.23. The molecule has 1 N–H and O–H groups in total. The van der Waals surface area contributed by atoms with Crippen LogP contribution in [-0.4, -0.2) is 16.8 Å². The highest BCUT2D eigenvalue weighted by Crippen LogP contribution is 2.27. The van der Waals surface area contributed by atoms with Crippen molar-refractivity contribution in [2.75, 3.05) is 5.75 Å². The number of benzene rings is 2. The number of rotatable bonds is 4. The molecule has 94 valence electrons. The number of thioether (sulfide) groups is 1. The summed E-state index contributed by atoms with van der Waals surface area (Å²) in [6.07, 6.45) is 0.195. The van der Waals surface area contributed by atoms with Gasteiger partial charge in [-0.3, -0.25) is 4.79 Å². The van der Waals surface area contributed by atoms with Gasteiger partial charge in [0.2, 0.25) is 0 Å². The Hall–Kier alpha value is -1.05. The van der Waals surface area contributed by atoms with E-state index in [1.54, 1.807) is 11.8 Å². The van der Waals surface area contributed by atoms with Crippen molar-refractivity contribution in [2.45, 2.75) is 18.2 Å². The lowest BCUT2D eigenvalue weighted by atomic mass is 10.1. The fourth-order valence-electron chi connectivity index (χ4n) is 1.91. The largest absolute Gasteiger partial charge is 0.481 e. The molecular weight excluding hydrogens is 263 g/mol. The summed E-state index contributed by atoms with van der Waals surface area (Å²) in [6.45, 7) is 2.09. The van der Waals surface area contributed by atoms with Crippen molar-refractivity contribution in [3.63, 3.8) is 0 Å². The first-order valence-electron chi connectivity index (χ1n) is 5.72. The number of carboxylic acids is 1. The Morgan fingerprint density at radius 3 is 2.67 bits per heavy atom. The SMILES string of the molecule is Cc1cc(SCCC(=O)O)c(P)c2ccccc12. The molecule has 2 aromatic carbocycles. The van der Waals surface area contributed by atoms with Gasteiger partial charge in [0.25, 0.3) is 0 Å². The molecule has 0 saturated heterocycles. The van der Waals surface area contributed by atoms with E-state index in [0.717, 1.165) is 10.2 Å². The van der Waals surface area contributed by atoms with Crippen molar-refractivity contribution in [1.82, 2.24) is 0 Å². The minimum Gasteiger partial charge on any atom is -0.481 e. The molecule has 0 saturated carbocycles. The molecule has 4 heteroatoms. The Morgan fingerprint density at radius 1 is 1.33 bits per heavy atom. The van der Waals surface area contributed by atoms with Gasteiger partial charge in [-0.15, -0.1) is 21.0 Å². The summed E-state index contributed by atoms with van der Waals surface area (Å²) in [7, 11) is 2.77. The second-order valence-electron chi connectivity index (χ2n) is 4.14. The van der Waals surface area contributed by atoms with Crippen molar-refractivity contribution >= 4 is 43.0 Å². The van der Waals surface area contributed by atoms with E-state index in [0.29, 0.717) is 5.75 Å². The first-order valence-corrected chi connectivity index (χ1v) is 7.28. The number of hydrogen-bond acceptors (Lipinski definition) is 2. The number of hydrogen-bond donors (Lipinski definition) is 1. The van der Waals surface area contributed by atoms with Crippen LogP contribution in [0.3, 0.4) is 0 Å². The first-order chi connectivity index (χ1) is 8.59. The molecule has 0 aliphatic rings. The molecule has 0 spiro atoms. The molecule has 18 heavy (non-hydrogen) atoms. The molecule has 0 heterocycles. The zero-order valence-electron chi connectivity index (χ0n) is 10.1. The highest BCUT2D eigenvalue weighted by Gasteiger charge is 2.07. The van der Waals surface area contributed by atoms with Crippen LogP contribution in [0.2, 0.25) is 0 Å². The molecule has 0 aromatic heterocycles. The van der Waals surface area contributed by atoms with Gasteiger partial charge in [0.1, 0.15) is 0 Å². The highest BCUT2D eigenvalue weighted by molar-refractivity contribution is 7.99. The first kappa shape index (κ1) is 13.4. The van der Waals surface area contributed by atoms with E-state index in [1.807, 2.05) is 12.1 Å². The van der Waals surface area contributed by atoms with Gasteiger partial charge in [-0.25, -0.2) is 0 Å². The van der Waals surface area contributed by atoms with Gasteiger partial charge in [-0.2, -0.15) is 0 Å². The van der Waals surface area contributed by atoms with Crippen molar-refractivity contribution in [1.29, 1.82) is 0 Å². The van der Waals surface area contributed by atoms with Crippen molar-refractivity contribution in [2.24, 2.45) is 0 Å².